The van der Waals surface area contributed by atoms with E-state index in [4.69, 9.17) is 0 Å². The van der Waals surface area contributed by atoms with Gasteiger partial charge >= 0.3 is 0 Å². The molecular weight excluding hydrogens is 222 g/mol. The summed E-state index contributed by atoms with van der Waals surface area (Å²) < 4.78 is 0. The maximum absolute atomic E-state index is 11.2. The van der Waals surface area contributed by atoms with Gasteiger partial charge in [-0.1, -0.05) is 50.5 Å². The number of nitrogens with one attached hydrogen (secondary N) is 1. The van der Waals surface area contributed by atoms with Crippen molar-refractivity contribution in [2.24, 2.45) is 5.92 Å². The lowest BCUT2D eigenvalue weighted by atomic mass is 9.69. The Morgan fingerprint density at radius 3 is 3.00 bits per heavy atom. The van der Waals surface area contributed by atoms with E-state index in [0.29, 0.717) is 5.92 Å². The summed E-state index contributed by atoms with van der Waals surface area (Å²) >= 11 is 0. The zero-order valence-corrected chi connectivity index (χ0v) is 11.2. The summed E-state index contributed by atoms with van der Waals surface area (Å²) in [6.07, 6.45) is 5.63. The van der Waals surface area contributed by atoms with Gasteiger partial charge in [0.25, 0.3) is 0 Å². The van der Waals surface area contributed by atoms with Crippen molar-refractivity contribution in [2.75, 3.05) is 0 Å². The number of benzene rings is 1. The Balaban J connectivity index is 1.94. The number of hydrogen-bond acceptors (Lipinski definition) is 2. The SMILES string of the molecule is CCC1CCCCC1(O)C1NCc2ccccc21. The third-order valence-corrected chi connectivity index (χ3v) is 4.94. The van der Waals surface area contributed by atoms with Crippen LogP contribution in [0.4, 0.5) is 0 Å². The summed E-state index contributed by atoms with van der Waals surface area (Å²) in [7, 11) is 0. The molecule has 1 saturated carbocycles. The van der Waals surface area contributed by atoms with Crippen molar-refractivity contribution in [3.05, 3.63) is 35.4 Å². The molecule has 3 unspecified atom stereocenters. The van der Waals surface area contributed by atoms with Gasteiger partial charge in [0, 0.05) is 6.54 Å². The lowest BCUT2D eigenvalue weighted by Gasteiger charge is -2.44. The zero-order valence-electron chi connectivity index (χ0n) is 11.2. The first-order valence-electron chi connectivity index (χ1n) is 7.29. The second-order valence-electron chi connectivity index (χ2n) is 5.85. The van der Waals surface area contributed by atoms with Crippen LogP contribution in [-0.4, -0.2) is 10.7 Å². The van der Waals surface area contributed by atoms with E-state index in [1.54, 1.807) is 0 Å². The minimum Gasteiger partial charge on any atom is -0.388 e. The fraction of sp³-hybridized carbons (Fsp3) is 0.625. The Kier molecular flexibility index (Phi) is 3.16. The first-order chi connectivity index (χ1) is 8.75. The standard InChI is InChI=1S/C16H23NO/c1-2-13-8-5-6-10-16(13,18)15-14-9-4-3-7-12(14)11-17-15/h3-4,7,9,13,15,17-18H,2,5-6,8,10-11H2,1H3. The van der Waals surface area contributed by atoms with Gasteiger partial charge in [0.05, 0.1) is 11.6 Å². The fourth-order valence-corrected chi connectivity index (χ4v) is 3.94. The third kappa shape index (κ3) is 1.79. The average Bonchev–Trinajstić information content (AvgIpc) is 2.83. The number of rotatable bonds is 2. The first kappa shape index (κ1) is 12.2. The van der Waals surface area contributed by atoms with Gasteiger partial charge in [-0.2, -0.15) is 0 Å². The Hall–Kier alpha value is -0.860. The summed E-state index contributed by atoms with van der Waals surface area (Å²) in [5, 5.41) is 14.8. The van der Waals surface area contributed by atoms with Crippen LogP contribution in [0.2, 0.25) is 0 Å². The van der Waals surface area contributed by atoms with Crippen LogP contribution in [-0.2, 0) is 6.54 Å². The molecule has 1 heterocycles. The maximum Gasteiger partial charge on any atom is 0.0869 e. The van der Waals surface area contributed by atoms with Crippen LogP contribution >= 0.6 is 0 Å². The predicted octanol–water partition coefficient (Wildman–Crippen LogP) is 3.16. The molecule has 2 heteroatoms. The van der Waals surface area contributed by atoms with Crippen LogP contribution in [0.1, 0.15) is 56.2 Å². The molecule has 98 valence electrons. The Morgan fingerprint density at radius 1 is 1.33 bits per heavy atom. The topological polar surface area (TPSA) is 32.3 Å². The molecule has 1 aromatic carbocycles. The van der Waals surface area contributed by atoms with Gasteiger partial charge in [0.2, 0.25) is 0 Å². The van der Waals surface area contributed by atoms with Crippen LogP contribution in [0.5, 0.6) is 0 Å². The molecular formula is C16H23NO. The monoisotopic (exact) mass is 245 g/mol. The molecule has 0 spiro atoms. The van der Waals surface area contributed by atoms with Crippen molar-refractivity contribution in [3.8, 4) is 0 Å². The molecule has 0 bridgehead atoms. The minimum absolute atomic E-state index is 0.138. The van der Waals surface area contributed by atoms with Gasteiger partial charge in [-0.3, -0.25) is 0 Å². The van der Waals surface area contributed by atoms with Gasteiger partial charge in [0.15, 0.2) is 0 Å². The van der Waals surface area contributed by atoms with Crippen molar-refractivity contribution in [2.45, 2.75) is 57.2 Å². The Labute approximate surface area is 109 Å². The van der Waals surface area contributed by atoms with Crippen LogP contribution in [0, 0.1) is 5.92 Å². The molecule has 0 aromatic heterocycles. The number of aliphatic hydroxyl groups is 1. The van der Waals surface area contributed by atoms with E-state index in [9.17, 15) is 5.11 Å². The second kappa shape index (κ2) is 4.67. The number of hydrogen-bond donors (Lipinski definition) is 2. The quantitative estimate of drug-likeness (QED) is 0.839. The maximum atomic E-state index is 11.2. The van der Waals surface area contributed by atoms with E-state index in [1.165, 1.54) is 24.0 Å². The summed E-state index contributed by atoms with van der Waals surface area (Å²) in [6.45, 7) is 3.11. The van der Waals surface area contributed by atoms with Crippen LogP contribution in [0.15, 0.2) is 24.3 Å². The van der Waals surface area contributed by atoms with Gasteiger partial charge < -0.3 is 10.4 Å². The van der Waals surface area contributed by atoms with Crippen LogP contribution < -0.4 is 5.32 Å². The minimum atomic E-state index is -0.542. The normalized spacial score (nSPS) is 35.4. The van der Waals surface area contributed by atoms with E-state index < -0.39 is 5.60 Å². The number of fused-ring (bicyclic) bond motifs is 1. The second-order valence-corrected chi connectivity index (χ2v) is 5.85. The molecule has 2 aliphatic rings. The molecule has 3 rings (SSSR count). The van der Waals surface area contributed by atoms with E-state index >= 15 is 0 Å². The summed E-state index contributed by atoms with van der Waals surface area (Å²) in [6, 6.07) is 8.67. The molecule has 0 saturated heterocycles. The molecule has 0 radical (unpaired) electrons. The molecule has 1 aliphatic heterocycles. The molecule has 18 heavy (non-hydrogen) atoms. The highest BCUT2D eigenvalue weighted by Crippen LogP contribution is 2.46. The van der Waals surface area contributed by atoms with Gasteiger partial charge in [-0.05, 0) is 29.9 Å². The summed E-state index contributed by atoms with van der Waals surface area (Å²) in [5.74, 6) is 0.440. The van der Waals surface area contributed by atoms with Crippen molar-refractivity contribution < 1.29 is 5.11 Å². The van der Waals surface area contributed by atoms with Crippen molar-refractivity contribution >= 4 is 0 Å². The zero-order chi connectivity index (χ0) is 12.6. The lowest BCUT2D eigenvalue weighted by molar-refractivity contribution is -0.0779. The van der Waals surface area contributed by atoms with Crippen molar-refractivity contribution in [1.82, 2.24) is 5.32 Å². The largest absolute Gasteiger partial charge is 0.388 e. The highest BCUT2D eigenvalue weighted by molar-refractivity contribution is 5.36. The smallest absolute Gasteiger partial charge is 0.0869 e. The average molecular weight is 245 g/mol. The Bertz CT molecular complexity index is 431. The van der Waals surface area contributed by atoms with Crippen molar-refractivity contribution in [1.29, 1.82) is 0 Å². The Morgan fingerprint density at radius 2 is 2.17 bits per heavy atom. The molecule has 1 fully saturated rings. The third-order valence-electron chi connectivity index (χ3n) is 4.94. The van der Waals surface area contributed by atoms with E-state index in [0.717, 1.165) is 25.8 Å². The highest BCUT2D eigenvalue weighted by Gasteiger charge is 2.46. The van der Waals surface area contributed by atoms with Gasteiger partial charge in [0.1, 0.15) is 0 Å². The molecule has 3 atom stereocenters. The summed E-state index contributed by atoms with van der Waals surface area (Å²) in [5.41, 5.74) is 2.14. The molecule has 2 nitrogen and oxygen atoms in total. The van der Waals surface area contributed by atoms with Gasteiger partial charge in [-0.25, -0.2) is 0 Å². The molecule has 0 amide bonds. The molecule has 1 aromatic rings. The van der Waals surface area contributed by atoms with Crippen LogP contribution in [0.3, 0.4) is 0 Å². The fourth-order valence-electron chi connectivity index (χ4n) is 3.94. The lowest BCUT2D eigenvalue weighted by Crippen LogP contribution is -2.49. The predicted molar refractivity (Wildman–Crippen MR) is 73.2 cm³/mol. The van der Waals surface area contributed by atoms with E-state index in [-0.39, 0.29) is 6.04 Å². The van der Waals surface area contributed by atoms with Crippen molar-refractivity contribution in [3.63, 3.8) is 0 Å². The highest BCUT2D eigenvalue weighted by atomic mass is 16.3. The molecule has 1 aliphatic carbocycles. The summed E-state index contributed by atoms with van der Waals surface area (Å²) in [4.78, 5) is 0. The first-order valence-corrected chi connectivity index (χ1v) is 7.29. The molecule has 2 N–H and O–H groups in total. The van der Waals surface area contributed by atoms with Crippen LogP contribution in [0.25, 0.3) is 0 Å². The van der Waals surface area contributed by atoms with Gasteiger partial charge in [-0.15, -0.1) is 0 Å². The van der Waals surface area contributed by atoms with E-state index in [1.807, 2.05) is 0 Å². The van der Waals surface area contributed by atoms with E-state index in [2.05, 4.69) is 36.5 Å².